The summed E-state index contributed by atoms with van der Waals surface area (Å²) in [6.45, 7) is 1.64. The number of sulfonamides is 1. The fourth-order valence-electron chi connectivity index (χ4n) is 1.14. The van der Waals surface area contributed by atoms with E-state index in [4.69, 9.17) is 9.84 Å². The van der Waals surface area contributed by atoms with E-state index in [1.807, 2.05) is 0 Å². The van der Waals surface area contributed by atoms with Gasteiger partial charge in [0.05, 0.1) is 19.8 Å². The topological polar surface area (TPSA) is 93.1 Å². The van der Waals surface area contributed by atoms with Crippen LogP contribution in [0.2, 0.25) is 0 Å². The maximum Gasteiger partial charge on any atom is 0.322 e. The van der Waals surface area contributed by atoms with Gasteiger partial charge >= 0.3 is 5.97 Å². The van der Waals surface area contributed by atoms with Crippen LogP contribution < -0.4 is 0 Å². The number of nitrogens with zero attached hydrogens (tertiary/aromatic N) is 1. The van der Waals surface area contributed by atoms with Gasteiger partial charge < -0.3 is 14.6 Å². The number of carbonyl (C=O) groups is 1. The van der Waals surface area contributed by atoms with Crippen molar-refractivity contribution in [3.63, 3.8) is 0 Å². The number of methoxy groups -OCH3 is 1. The molecule has 0 bridgehead atoms. The summed E-state index contributed by atoms with van der Waals surface area (Å²) in [5.41, 5.74) is 0. The molecule has 0 saturated carbocycles. The van der Waals surface area contributed by atoms with Crippen LogP contribution in [-0.2, 0) is 24.3 Å². The molecule has 7 nitrogen and oxygen atoms in total. The zero-order valence-corrected chi connectivity index (χ0v) is 10.9. The predicted octanol–water partition coefficient (Wildman–Crippen LogP) is -1.18. The highest BCUT2D eigenvalue weighted by molar-refractivity contribution is 7.89. The summed E-state index contributed by atoms with van der Waals surface area (Å²) in [6.07, 6.45) is 0. The predicted molar refractivity (Wildman–Crippen MR) is 61.0 cm³/mol. The van der Waals surface area contributed by atoms with Crippen molar-refractivity contribution in [2.75, 3.05) is 45.8 Å². The molecule has 0 fully saturated rings. The second-order valence-electron chi connectivity index (χ2n) is 3.18. The lowest BCUT2D eigenvalue weighted by atomic mass is 10.6. The van der Waals surface area contributed by atoms with Crippen LogP contribution in [0.1, 0.15) is 6.92 Å². The van der Waals surface area contributed by atoms with E-state index in [0.717, 1.165) is 4.31 Å². The third-order valence-corrected chi connectivity index (χ3v) is 3.65. The van der Waals surface area contributed by atoms with Crippen LogP contribution in [0.5, 0.6) is 0 Å². The highest BCUT2D eigenvalue weighted by Gasteiger charge is 2.25. The second-order valence-corrected chi connectivity index (χ2v) is 5.15. The van der Waals surface area contributed by atoms with Gasteiger partial charge in [0.1, 0.15) is 0 Å². The minimum Gasteiger partial charge on any atom is -0.465 e. The maximum absolute atomic E-state index is 11.8. The third-order valence-electron chi connectivity index (χ3n) is 1.89. The van der Waals surface area contributed by atoms with Gasteiger partial charge in [0.25, 0.3) is 0 Å². The number of hydrogen-bond donors (Lipinski definition) is 1. The number of hydrogen-bond acceptors (Lipinski definition) is 6. The summed E-state index contributed by atoms with van der Waals surface area (Å²) in [5.74, 6) is -1.52. The Bertz CT molecular complexity index is 315. The Kier molecular flexibility index (Phi) is 8.05. The first kappa shape index (κ1) is 16.3. The van der Waals surface area contributed by atoms with Gasteiger partial charge in [-0.1, -0.05) is 0 Å². The molecule has 0 saturated heterocycles. The largest absolute Gasteiger partial charge is 0.465 e. The molecule has 0 aromatic heterocycles. The number of aliphatic hydroxyl groups is 1. The average molecular weight is 269 g/mol. The molecular formula is C9H19NO6S. The molecule has 1 N–H and O–H groups in total. The van der Waals surface area contributed by atoms with Crippen LogP contribution >= 0.6 is 0 Å². The standard InChI is InChI=1S/C9H19NO6S/c1-3-16-9(12)8-17(13,14)10(4-6-11)5-7-15-2/h11H,3-8H2,1-2H3. The molecule has 0 rings (SSSR count). The van der Waals surface area contributed by atoms with E-state index in [1.54, 1.807) is 6.92 Å². The molecular weight excluding hydrogens is 250 g/mol. The minimum absolute atomic E-state index is 0.0644. The normalized spacial score (nSPS) is 11.8. The van der Waals surface area contributed by atoms with Gasteiger partial charge in [-0.15, -0.1) is 0 Å². The molecule has 0 radical (unpaired) electrons. The molecule has 8 heteroatoms. The summed E-state index contributed by atoms with van der Waals surface area (Å²) >= 11 is 0. The quantitative estimate of drug-likeness (QED) is 0.530. The Labute approximate surface area is 101 Å². The van der Waals surface area contributed by atoms with E-state index >= 15 is 0 Å². The molecule has 0 aliphatic carbocycles. The van der Waals surface area contributed by atoms with Crippen LogP contribution in [0.3, 0.4) is 0 Å². The fourth-order valence-corrected chi connectivity index (χ4v) is 2.41. The first-order chi connectivity index (χ1) is 7.97. The Morgan fingerprint density at radius 1 is 1.35 bits per heavy atom. The van der Waals surface area contributed by atoms with Crippen molar-refractivity contribution in [1.82, 2.24) is 4.31 Å². The van der Waals surface area contributed by atoms with Gasteiger partial charge in [0.15, 0.2) is 5.75 Å². The summed E-state index contributed by atoms with van der Waals surface area (Å²) in [7, 11) is -2.32. The van der Waals surface area contributed by atoms with Crippen molar-refractivity contribution in [2.45, 2.75) is 6.92 Å². The smallest absolute Gasteiger partial charge is 0.322 e. The Hall–Kier alpha value is -0.700. The van der Waals surface area contributed by atoms with Gasteiger partial charge in [-0.2, -0.15) is 4.31 Å². The molecule has 102 valence electrons. The van der Waals surface area contributed by atoms with Gasteiger partial charge in [0.2, 0.25) is 10.0 Å². The number of esters is 1. The van der Waals surface area contributed by atoms with Crippen molar-refractivity contribution < 1.29 is 27.8 Å². The monoisotopic (exact) mass is 269 g/mol. The molecule has 17 heavy (non-hydrogen) atoms. The van der Waals surface area contributed by atoms with Gasteiger partial charge in [0, 0.05) is 20.2 Å². The first-order valence-electron chi connectivity index (χ1n) is 5.21. The number of carbonyl (C=O) groups excluding carboxylic acids is 1. The van der Waals surface area contributed by atoms with E-state index in [2.05, 4.69) is 4.74 Å². The van der Waals surface area contributed by atoms with Crippen molar-refractivity contribution in [2.24, 2.45) is 0 Å². The SMILES string of the molecule is CCOC(=O)CS(=O)(=O)N(CCO)CCOC. The lowest BCUT2D eigenvalue weighted by Crippen LogP contribution is -2.39. The van der Waals surface area contributed by atoms with Gasteiger partial charge in [-0.05, 0) is 6.92 Å². The summed E-state index contributed by atoms with van der Waals surface area (Å²) < 4.78 is 33.9. The summed E-state index contributed by atoms with van der Waals surface area (Å²) in [4.78, 5) is 11.1. The Morgan fingerprint density at radius 3 is 2.47 bits per heavy atom. The molecule has 0 amide bonds. The van der Waals surface area contributed by atoms with E-state index < -0.39 is 21.7 Å². The van der Waals surface area contributed by atoms with Crippen molar-refractivity contribution in [1.29, 1.82) is 0 Å². The van der Waals surface area contributed by atoms with Crippen molar-refractivity contribution in [3.05, 3.63) is 0 Å². The Balaban J connectivity index is 4.53. The summed E-state index contributed by atoms with van der Waals surface area (Å²) in [6, 6.07) is 0. The number of rotatable bonds is 9. The van der Waals surface area contributed by atoms with Crippen LogP contribution in [0.15, 0.2) is 0 Å². The zero-order chi connectivity index (χ0) is 13.3. The van der Waals surface area contributed by atoms with Crippen molar-refractivity contribution >= 4 is 16.0 Å². The molecule has 0 spiro atoms. The van der Waals surface area contributed by atoms with E-state index in [1.165, 1.54) is 7.11 Å². The van der Waals surface area contributed by atoms with E-state index in [-0.39, 0.29) is 32.9 Å². The molecule has 0 unspecified atom stereocenters. The summed E-state index contributed by atoms with van der Waals surface area (Å²) in [5, 5.41) is 8.77. The number of aliphatic hydroxyl groups excluding tert-OH is 1. The van der Waals surface area contributed by atoms with Crippen LogP contribution in [0, 0.1) is 0 Å². The second kappa shape index (κ2) is 8.40. The Morgan fingerprint density at radius 2 is 2.00 bits per heavy atom. The van der Waals surface area contributed by atoms with Gasteiger partial charge in [-0.25, -0.2) is 8.42 Å². The van der Waals surface area contributed by atoms with Crippen LogP contribution in [0.25, 0.3) is 0 Å². The lowest BCUT2D eigenvalue weighted by molar-refractivity contribution is -0.140. The zero-order valence-electron chi connectivity index (χ0n) is 10.1. The maximum atomic E-state index is 11.8. The molecule has 0 atom stereocenters. The van der Waals surface area contributed by atoms with E-state index in [9.17, 15) is 13.2 Å². The van der Waals surface area contributed by atoms with E-state index in [0.29, 0.717) is 0 Å². The van der Waals surface area contributed by atoms with Crippen molar-refractivity contribution in [3.8, 4) is 0 Å². The average Bonchev–Trinajstić information content (AvgIpc) is 2.23. The first-order valence-corrected chi connectivity index (χ1v) is 6.82. The molecule has 0 aliphatic heterocycles. The minimum atomic E-state index is -3.76. The third kappa shape index (κ3) is 6.57. The highest BCUT2D eigenvalue weighted by Crippen LogP contribution is 2.02. The lowest BCUT2D eigenvalue weighted by Gasteiger charge is -2.20. The van der Waals surface area contributed by atoms with Crippen LogP contribution in [-0.4, -0.2) is 69.6 Å². The van der Waals surface area contributed by atoms with Crippen LogP contribution in [0.4, 0.5) is 0 Å². The fraction of sp³-hybridized carbons (Fsp3) is 0.889. The molecule has 0 aromatic rings. The molecule has 0 aliphatic rings. The molecule has 0 heterocycles. The number of ether oxygens (including phenoxy) is 2. The van der Waals surface area contributed by atoms with Gasteiger partial charge in [-0.3, -0.25) is 4.79 Å². The molecule has 0 aromatic carbocycles. The highest BCUT2D eigenvalue weighted by atomic mass is 32.2.